The molecule has 36 heavy (non-hydrogen) atoms. The number of likely N-dealkylation sites (tertiary alicyclic amines) is 1. The summed E-state index contributed by atoms with van der Waals surface area (Å²) >= 11 is 5.51. The van der Waals surface area contributed by atoms with E-state index >= 15 is 0 Å². The first-order valence-electron chi connectivity index (χ1n) is 13.1. The Labute approximate surface area is 223 Å². The number of methoxy groups -OCH3 is 1. The van der Waals surface area contributed by atoms with Crippen LogP contribution in [-0.2, 0) is 25.6 Å². The van der Waals surface area contributed by atoms with Crippen LogP contribution in [0.5, 0.6) is 5.75 Å². The van der Waals surface area contributed by atoms with Gasteiger partial charge in [-0.25, -0.2) is 0 Å². The molecule has 3 aliphatic rings. The highest BCUT2D eigenvalue weighted by molar-refractivity contribution is 7.90. The first-order valence-corrected chi connectivity index (χ1v) is 14.6. The zero-order chi connectivity index (χ0) is 26.3. The third kappa shape index (κ3) is 6.16. The van der Waals surface area contributed by atoms with Gasteiger partial charge in [-0.2, -0.15) is 0 Å². The van der Waals surface area contributed by atoms with Gasteiger partial charge in [0.05, 0.1) is 19.8 Å². The fourth-order valence-electron chi connectivity index (χ4n) is 5.21. The molecule has 1 saturated carbocycles. The summed E-state index contributed by atoms with van der Waals surface area (Å²) in [5, 5.41) is 0.748. The second kappa shape index (κ2) is 11.0. The van der Waals surface area contributed by atoms with Gasteiger partial charge in [0.25, 0.3) is 5.91 Å². The van der Waals surface area contributed by atoms with Crippen molar-refractivity contribution in [2.45, 2.75) is 95.3 Å². The summed E-state index contributed by atoms with van der Waals surface area (Å²) in [5.41, 5.74) is 2.07. The number of hydrogen-bond acceptors (Lipinski definition) is 6. The average Bonchev–Trinajstić information content (AvgIpc) is 3.16. The SMILES string of the molecule is COc1cc(C2CCC2)c(Cl)cc1C(N[S@@+]([O-])C(C)(C)C)C1CCN(C(=O)[C@H]2COC(C)(C)O2)CC1. The molecule has 202 valence electrons. The van der Waals surface area contributed by atoms with Crippen LogP contribution in [0, 0.1) is 5.92 Å². The van der Waals surface area contributed by atoms with Gasteiger partial charge in [0.1, 0.15) is 10.5 Å². The highest BCUT2D eigenvalue weighted by Gasteiger charge is 2.42. The van der Waals surface area contributed by atoms with Gasteiger partial charge in [-0.3, -0.25) is 4.79 Å². The lowest BCUT2D eigenvalue weighted by Crippen LogP contribution is -2.48. The summed E-state index contributed by atoms with van der Waals surface area (Å²) in [6, 6.07) is 3.87. The Kier molecular flexibility index (Phi) is 8.54. The van der Waals surface area contributed by atoms with Crippen molar-refractivity contribution in [3.8, 4) is 5.75 Å². The molecular weight excluding hydrogens is 500 g/mol. The lowest BCUT2D eigenvalue weighted by atomic mass is 9.78. The van der Waals surface area contributed by atoms with Crippen molar-refractivity contribution in [2.75, 3.05) is 26.8 Å². The Bertz CT molecular complexity index is 941. The van der Waals surface area contributed by atoms with Gasteiger partial charge in [-0.05, 0) is 89.8 Å². The van der Waals surface area contributed by atoms with Crippen LogP contribution in [0.3, 0.4) is 0 Å². The minimum Gasteiger partial charge on any atom is -0.598 e. The maximum atomic E-state index is 13.2. The van der Waals surface area contributed by atoms with Crippen molar-refractivity contribution in [2.24, 2.45) is 5.92 Å². The number of nitrogens with one attached hydrogen (secondary N) is 1. The summed E-state index contributed by atoms with van der Waals surface area (Å²) < 4.78 is 33.5. The number of carbonyl (C=O) groups excluding carboxylic acids is 1. The number of piperidine rings is 1. The van der Waals surface area contributed by atoms with E-state index < -0.39 is 28.0 Å². The Balaban J connectivity index is 1.54. The molecule has 3 fully saturated rings. The molecular formula is C27H41ClN2O5S. The molecule has 2 heterocycles. The number of nitrogens with zero attached hydrogens (tertiary/aromatic N) is 1. The molecule has 2 saturated heterocycles. The number of benzene rings is 1. The van der Waals surface area contributed by atoms with Gasteiger partial charge in [0, 0.05) is 35.0 Å². The van der Waals surface area contributed by atoms with Crippen molar-refractivity contribution in [3.63, 3.8) is 0 Å². The summed E-state index contributed by atoms with van der Waals surface area (Å²) in [6.45, 7) is 11.0. The fraction of sp³-hybridized carbons (Fsp3) is 0.741. The Morgan fingerprint density at radius 2 is 1.92 bits per heavy atom. The van der Waals surface area contributed by atoms with E-state index in [1.54, 1.807) is 7.11 Å². The highest BCUT2D eigenvalue weighted by Crippen LogP contribution is 2.45. The fourth-order valence-corrected chi connectivity index (χ4v) is 6.44. The number of hydrogen-bond donors (Lipinski definition) is 1. The van der Waals surface area contributed by atoms with Crippen molar-refractivity contribution in [1.29, 1.82) is 0 Å². The lowest BCUT2D eigenvalue weighted by molar-refractivity contribution is -0.161. The molecule has 3 atom stereocenters. The van der Waals surface area contributed by atoms with Crippen LogP contribution in [0.25, 0.3) is 0 Å². The summed E-state index contributed by atoms with van der Waals surface area (Å²) in [5.74, 6) is 0.675. The van der Waals surface area contributed by atoms with Crippen LogP contribution in [0.4, 0.5) is 0 Å². The van der Waals surface area contributed by atoms with Crippen LogP contribution < -0.4 is 9.46 Å². The van der Waals surface area contributed by atoms with Gasteiger partial charge >= 0.3 is 0 Å². The van der Waals surface area contributed by atoms with E-state index in [9.17, 15) is 9.35 Å². The number of rotatable bonds is 7. The van der Waals surface area contributed by atoms with Gasteiger partial charge in [-0.1, -0.05) is 18.0 Å². The topological polar surface area (TPSA) is 83.1 Å². The average molecular weight is 541 g/mol. The normalized spacial score (nSPS) is 24.9. The molecule has 0 radical (unpaired) electrons. The van der Waals surface area contributed by atoms with E-state index in [2.05, 4.69) is 10.8 Å². The van der Waals surface area contributed by atoms with E-state index in [1.807, 2.05) is 45.6 Å². The van der Waals surface area contributed by atoms with Crippen LogP contribution in [0.1, 0.15) is 89.8 Å². The van der Waals surface area contributed by atoms with Gasteiger partial charge < -0.3 is 23.7 Å². The van der Waals surface area contributed by atoms with Gasteiger partial charge in [-0.15, -0.1) is 4.72 Å². The molecule has 1 aromatic carbocycles. The van der Waals surface area contributed by atoms with Gasteiger partial charge in [0.2, 0.25) is 0 Å². The molecule has 9 heteroatoms. The Morgan fingerprint density at radius 3 is 2.42 bits per heavy atom. The van der Waals surface area contributed by atoms with E-state index in [0.29, 0.717) is 19.0 Å². The quantitative estimate of drug-likeness (QED) is 0.484. The first-order chi connectivity index (χ1) is 16.9. The second-order valence-corrected chi connectivity index (χ2v) is 14.1. The molecule has 1 aromatic rings. The number of amides is 1. The third-order valence-electron chi connectivity index (χ3n) is 7.63. The summed E-state index contributed by atoms with van der Waals surface area (Å²) in [7, 11) is 1.68. The monoisotopic (exact) mass is 540 g/mol. The lowest BCUT2D eigenvalue weighted by Gasteiger charge is -2.39. The van der Waals surface area contributed by atoms with Crippen molar-refractivity contribution < 1.29 is 23.6 Å². The molecule has 1 aliphatic carbocycles. The number of carbonyl (C=O) groups is 1. The van der Waals surface area contributed by atoms with E-state index in [-0.39, 0.29) is 24.5 Å². The first kappa shape index (κ1) is 28.0. The summed E-state index contributed by atoms with van der Waals surface area (Å²) in [6.07, 6.45) is 4.51. The molecule has 0 spiro atoms. The van der Waals surface area contributed by atoms with Crippen LogP contribution in [0.2, 0.25) is 5.02 Å². The molecule has 2 aliphatic heterocycles. The van der Waals surface area contributed by atoms with E-state index in [0.717, 1.165) is 47.6 Å². The van der Waals surface area contributed by atoms with Crippen LogP contribution >= 0.6 is 11.6 Å². The van der Waals surface area contributed by atoms with E-state index in [1.165, 1.54) is 6.42 Å². The maximum Gasteiger partial charge on any atom is 0.254 e. The van der Waals surface area contributed by atoms with Crippen molar-refractivity contribution in [3.05, 3.63) is 28.3 Å². The number of halogens is 1. The predicted octanol–water partition coefficient (Wildman–Crippen LogP) is 5.10. The molecule has 1 amide bonds. The summed E-state index contributed by atoms with van der Waals surface area (Å²) in [4.78, 5) is 14.9. The van der Waals surface area contributed by atoms with Crippen LogP contribution in [-0.4, -0.2) is 58.8 Å². The Hall–Kier alpha value is -1.03. The molecule has 0 bridgehead atoms. The molecule has 1 unspecified atom stereocenters. The molecule has 1 N–H and O–H groups in total. The standard InChI is InChI=1S/C27H41ClN2O5S/c1-26(2,3)36(32)29-24(20-14-21(28)19(15-22(20)33-6)17-8-7-9-17)18-10-12-30(13-11-18)25(31)23-16-34-27(4,5)35-23/h14-15,17-18,23-24,29H,7-13,16H2,1-6H3/t23-,24?,36+/m1/s1. The predicted molar refractivity (Wildman–Crippen MR) is 143 cm³/mol. The zero-order valence-electron chi connectivity index (χ0n) is 22.4. The maximum absolute atomic E-state index is 13.2. The molecule has 0 aromatic heterocycles. The highest BCUT2D eigenvalue weighted by atomic mass is 35.5. The Morgan fingerprint density at radius 1 is 1.25 bits per heavy atom. The minimum atomic E-state index is -1.28. The van der Waals surface area contributed by atoms with Crippen molar-refractivity contribution in [1.82, 2.24) is 9.62 Å². The molecule has 7 nitrogen and oxygen atoms in total. The van der Waals surface area contributed by atoms with Crippen molar-refractivity contribution >= 4 is 28.9 Å². The van der Waals surface area contributed by atoms with Gasteiger partial charge in [0.15, 0.2) is 11.9 Å². The second-order valence-electron chi connectivity index (χ2n) is 11.7. The van der Waals surface area contributed by atoms with E-state index in [4.69, 9.17) is 25.8 Å². The number of ether oxygens (including phenoxy) is 3. The minimum absolute atomic E-state index is 0.0210. The third-order valence-corrected chi connectivity index (χ3v) is 9.53. The smallest absolute Gasteiger partial charge is 0.254 e. The van der Waals surface area contributed by atoms with Crippen LogP contribution in [0.15, 0.2) is 12.1 Å². The zero-order valence-corrected chi connectivity index (χ0v) is 24.0. The largest absolute Gasteiger partial charge is 0.598 e. The molecule has 4 rings (SSSR count).